The van der Waals surface area contributed by atoms with E-state index in [4.69, 9.17) is 26.1 Å². The lowest BCUT2D eigenvalue weighted by Crippen LogP contribution is -2.27. The third-order valence-electron chi connectivity index (χ3n) is 7.49. The van der Waals surface area contributed by atoms with Gasteiger partial charge in [0.05, 0.1) is 32.0 Å². The first kappa shape index (κ1) is 27.5. The minimum atomic E-state index is -0.552. The van der Waals surface area contributed by atoms with Gasteiger partial charge in [-0.2, -0.15) is 0 Å². The number of rotatable bonds is 8. The summed E-state index contributed by atoms with van der Waals surface area (Å²) >= 11 is 6.20. The first-order chi connectivity index (χ1) is 20.4. The third kappa shape index (κ3) is 5.33. The molecule has 0 spiro atoms. The van der Waals surface area contributed by atoms with Gasteiger partial charge in [0, 0.05) is 28.1 Å². The summed E-state index contributed by atoms with van der Waals surface area (Å²) in [7, 11) is 3.31. The van der Waals surface area contributed by atoms with Crippen molar-refractivity contribution < 1.29 is 14.3 Å². The van der Waals surface area contributed by atoms with Crippen LogP contribution in [0, 0.1) is 6.92 Å². The SMILES string of the molecule is COc1ccc2c(c1)C(c1ccc(Cl)cc1)=NC(CC(=O)NCCc1ccc3c(OC)cccc3c1)c1nnc(C)n1-2. The number of halogens is 1. The summed E-state index contributed by atoms with van der Waals surface area (Å²) in [6, 6.07) is 25.1. The Morgan fingerprint density at radius 3 is 2.60 bits per heavy atom. The van der Waals surface area contributed by atoms with Crippen LogP contribution in [0.25, 0.3) is 16.5 Å². The number of aryl methyl sites for hydroxylation is 1. The Morgan fingerprint density at radius 1 is 0.976 bits per heavy atom. The van der Waals surface area contributed by atoms with Crippen molar-refractivity contribution in [3.63, 3.8) is 0 Å². The van der Waals surface area contributed by atoms with E-state index in [9.17, 15) is 4.79 Å². The molecule has 0 saturated carbocycles. The quantitative estimate of drug-likeness (QED) is 0.242. The molecule has 1 aliphatic rings. The molecule has 0 saturated heterocycles. The summed E-state index contributed by atoms with van der Waals surface area (Å²) in [6.45, 7) is 2.39. The van der Waals surface area contributed by atoms with E-state index in [1.54, 1.807) is 14.2 Å². The van der Waals surface area contributed by atoms with Gasteiger partial charge in [-0.25, -0.2) is 0 Å². The average Bonchev–Trinajstić information content (AvgIpc) is 3.33. The van der Waals surface area contributed by atoms with E-state index in [1.165, 1.54) is 0 Å². The lowest BCUT2D eigenvalue weighted by Gasteiger charge is -2.14. The number of hydrogen-bond donors (Lipinski definition) is 1. The van der Waals surface area contributed by atoms with Crippen molar-refractivity contribution in [3.8, 4) is 17.2 Å². The number of carbonyl (C=O) groups is 1. The van der Waals surface area contributed by atoms with Crippen LogP contribution in [0.1, 0.15) is 40.8 Å². The van der Waals surface area contributed by atoms with Gasteiger partial charge >= 0.3 is 0 Å². The molecule has 4 aromatic carbocycles. The Labute approximate surface area is 249 Å². The van der Waals surface area contributed by atoms with E-state index in [0.717, 1.165) is 44.6 Å². The number of aromatic nitrogens is 3. The summed E-state index contributed by atoms with van der Waals surface area (Å²) < 4.78 is 13.0. The van der Waals surface area contributed by atoms with Gasteiger partial charge in [-0.3, -0.25) is 14.4 Å². The molecule has 6 rings (SSSR count). The van der Waals surface area contributed by atoms with Gasteiger partial charge in [-0.05, 0) is 60.7 Å². The number of hydrogen-bond acceptors (Lipinski definition) is 6. The number of nitrogens with one attached hydrogen (secondary N) is 1. The standard InChI is InChI=1S/C33H30ClN5O3/c1-20-37-38-33-28(19-31(40)35-16-15-21-7-13-26-23(17-21)5-4-6-30(26)42-3)36-32(22-8-10-24(34)11-9-22)27-18-25(41-2)12-14-29(27)39(20)33/h4-14,17-18,28H,15-16,19H2,1-3H3,(H,35,40). The van der Waals surface area contributed by atoms with Gasteiger partial charge in [0.1, 0.15) is 23.4 Å². The molecule has 0 fully saturated rings. The summed E-state index contributed by atoms with van der Waals surface area (Å²) in [5.74, 6) is 2.75. The number of ether oxygens (including phenoxy) is 2. The van der Waals surface area contributed by atoms with Crippen molar-refractivity contribution >= 4 is 34.0 Å². The van der Waals surface area contributed by atoms with Crippen molar-refractivity contribution in [2.24, 2.45) is 4.99 Å². The van der Waals surface area contributed by atoms with Crippen molar-refractivity contribution in [1.29, 1.82) is 0 Å². The highest BCUT2D eigenvalue weighted by Gasteiger charge is 2.30. The molecule has 0 radical (unpaired) electrons. The summed E-state index contributed by atoms with van der Waals surface area (Å²) in [5.41, 5.74) is 4.47. The van der Waals surface area contributed by atoms with Crippen LogP contribution in [0.3, 0.4) is 0 Å². The first-order valence-corrected chi connectivity index (χ1v) is 14.1. The number of methoxy groups -OCH3 is 2. The van der Waals surface area contributed by atoms with Crippen LogP contribution >= 0.6 is 11.6 Å². The second-order valence-electron chi connectivity index (χ2n) is 10.1. The molecule has 1 unspecified atom stereocenters. The fourth-order valence-electron chi connectivity index (χ4n) is 5.41. The van der Waals surface area contributed by atoms with E-state index < -0.39 is 6.04 Å². The number of aliphatic imine (C=N–C) groups is 1. The first-order valence-electron chi connectivity index (χ1n) is 13.7. The monoisotopic (exact) mass is 579 g/mol. The van der Waals surface area contributed by atoms with Crippen LogP contribution in [0.15, 0.2) is 83.9 Å². The minimum absolute atomic E-state index is 0.114. The second-order valence-corrected chi connectivity index (χ2v) is 10.6. The maximum absolute atomic E-state index is 13.3. The maximum Gasteiger partial charge on any atom is 0.222 e. The average molecular weight is 580 g/mol. The Kier molecular flexibility index (Phi) is 7.63. The highest BCUT2D eigenvalue weighted by atomic mass is 35.5. The minimum Gasteiger partial charge on any atom is -0.497 e. The van der Waals surface area contributed by atoms with Crippen molar-refractivity contribution in [1.82, 2.24) is 20.1 Å². The summed E-state index contributed by atoms with van der Waals surface area (Å²) in [6.07, 6.45) is 0.818. The maximum atomic E-state index is 13.3. The molecule has 1 aromatic heterocycles. The Hall–Kier alpha value is -4.69. The molecule has 8 nitrogen and oxygen atoms in total. The molecule has 1 amide bonds. The van der Waals surface area contributed by atoms with E-state index in [-0.39, 0.29) is 12.3 Å². The highest BCUT2D eigenvalue weighted by Crippen LogP contribution is 2.34. The van der Waals surface area contributed by atoms with Crippen LogP contribution in [-0.2, 0) is 11.2 Å². The van der Waals surface area contributed by atoms with Crippen LogP contribution in [-0.4, -0.2) is 47.1 Å². The molecule has 9 heteroatoms. The predicted molar refractivity (Wildman–Crippen MR) is 164 cm³/mol. The molecule has 0 bridgehead atoms. The fraction of sp³-hybridized carbons (Fsp3) is 0.212. The van der Waals surface area contributed by atoms with Gasteiger partial charge < -0.3 is 14.8 Å². The summed E-state index contributed by atoms with van der Waals surface area (Å²) in [4.78, 5) is 18.4. The highest BCUT2D eigenvalue weighted by molar-refractivity contribution is 6.30. The van der Waals surface area contributed by atoms with Crippen LogP contribution in [0.5, 0.6) is 11.5 Å². The molecule has 5 aromatic rings. The number of nitrogens with zero attached hydrogens (tertiary/aromatic N) is 4. The lowest BCUT2D eigenvalue weighted by molar-refractivity contribution is -0.121. The molecule has 0 aliphatic carbocycles. The summed E-state index contributed by atoms with van der Waals surface area (Å²) in [5, 5.41) is 14.7. The Bertz CT molecular complexity index is 1810. The predicted octanol–water partition coefficient (Wildman–Crippen LogP) is 6.04. The van der Waals surface area contributed by atoms with Crippen molar-refractivity contribution in [2.45, 2.75) is 25.8 Å². The number of benzene rings is 4. The molecule has 2 heterocycles. The smallest absolute Gasteiger partial charge is 0.222 e. The van der Waals surface area contributed by atoms with Crippen LogP contribution < -0.4 is 14.8 Å². The number of carbonyl (C=O) groups excluding carboxylic acids is 1. The van der Waals surface area contributed by atoms with E-state index in [2.05, 4.69) is 39.8 Å². The normalized spacial score (nSPS) is 14.0. The zero-order chi connectivity index (χ0) is 29.2. The van der Waals surface area contributed by atoms with Crippen LogP contribution in [0.4, 0.5) is 0 Å². The van der Waals surface area contributed by atoms with E-state index in [0.29, 0.717) is 35.4 Å². The van der Waals surface area contributed by atoms with E-state index in [1.807, 2.05) is 66.1 Å². The number of fused-ring (bicyclic) bond motifs is 4. The molecule has 1 N–H and O–H groups in total. The zero-order valence-electron chi connectivity index (χ0n) is 23.6. The Morgan fingerprint density at radius 2 is 1.81 bits per heavy atom. The largest absolute Gasteiger partial charge is 0.497 e. The zero-order valence-corrected chi connectivity index (χ0v) is 24.4. The molecule has 1 aliphatic heterocycles. The molecule has 1 atom stereocenters. The van der Waals surface area contributed by atoms with Gasteiger partial charge in [0.25, 0.3) is 0 Å². The topological polar surface area (TPSA) is 90.6 Å². The second kappa shape index (κ2) is 11.7. The van der Waals surface area contributed by atoms with Gasteiger partial charge in [-0.15, -0.1) is 10.2 Å². The fourth-order valence-corrected chi connectivity index (χ4v) is 5.53. The van der Waals surface area contributed by atoms with Gasteiger partial charge in [-0.1, -0.05) is 54.1 Å². The van der Waals surface area contributed by atoms with Gasteiger partial charge in [0.15, 0.2) is 5.82 Å². The van der Waals surface area contributed by atoms with E-state index >= 15 is 0 Å². The lowest BCUT2D eigenvalue weighted by atomic mass is 10.00. The van der Waals surface area contributed by atoms with Crippen LogP contribution in [0.2, 0.25) is 5.02 Å². The van der Waals surface area contributed by atoms with Crippen molar-refractivity contribution in [2.75, 3.05) is 20.8 Å². The molecule has 42 heavy (non-hydrogen) atoms. The molecular formula is C33H30ClN5O3. The molecule has 212 valence electrons. The van der Waals surface area contributed by atoms with Crippen molar-refractivity contribution in [3.05, 3.63) is 112 Å². The van der Waals surface area contributed by atoms with Gasteiger partial charge in [0.2, 0.25) is 5.91 Å². The Balaban J connectivity index is 1.27. The third-order valence-corrected chi connectivity index (χ3v) is 7.74. The molecular weight excluding hydrogens is 550 g/mol. The number of amides is 1.